The minimum Gasteiger partial charge on any atom is -0.497 e. The zero-order valence-electron chi connectivity index (χ0n) is 9.69. The van der Waals surface area contributed by atoms with Crippen LogP contribution in [-0.2, 0) is 0 Å². The van der Waals surface area contributed by atoms with Gasteiger partial charge >= 0.3 is 0 Å². The van der Waals surface area contributed by atoms with Crippen LogP contribution < -0.4 is 15.2 Å². The third-order valence-corrected chi connectivity index (χ3v) is 3.22. The quantitative estimate of drug-likeness (QED) is 0.847. The van der Waals surface area contributed by atoms with Crippen LogP contribution in [-0.4, -0.2) is 19.8 Å². The summed E-state index contributed by atoms with van der Waals surface area (Å²) in [6.45, 7) is 0.717. The number of benzene rings is 1. The van der Waals surface area contributed by atoms with Gasteiger partial charge in [-0.15, -0.1) is 0 Å². The van der Waals surface area contributed by atoms with Crippen LogP contribution >= 0.6 is 0 Å². The van der Waals surface area contributed by atoms with Crippen molar-refractivity contribution in [2.75, 3.05) is 13.7 Å². The van der Waals surface area contributed by atoms with Gasteiger partial charge < -0.3 is 15.2 Å². The zero-order chi connectivity index (χ0) is 11.4. The molecule has 0 aliphatic heterocycles. The predicted octanol–water partition coefficient (Wildman–Crippen LogP) is 2.20. The van der Waals surface area contributed by atoms with E-state index in [0.717, 1.165) is 17.9 Å². The second kappa shape index (κ2) is 5.21. The topological polar surface area (TPSA) is 44.5 Å². The molecular weight excluding hydrogens is 202 g/mol. The monoisotopic (exact) mass is 221 g/mol. The Morgan fingerprint density at radius 1 is 1.31 bits per heavy atom. The Kier molecular flexibility index (Phi) is 3.67. The third kappa shape index (κ3) is 2.47. The summed E-state index contributed by atoms with van der Waals surface area (Å²) in [4.78, 5) is 0. The average molecular weight is 221 g/mol. The molecule has 2 atom stereocenters. The van der Waals surface area contributed by atoms with E-state index in [1.165, 1.54) is 12.8 Å². The number of hydrogen-bond acceptors (Lipinski definition) is 3. The van der Waals surface area contributed by atoms with Crippen molar-refractivity contribution >= 4 is 0 Å². The van der Waals surface area contributed by atoms with E-state index >= 15 is 0 Å². The smallest absolute Gasteiger partial charge is 0.123 e. The van der Waals surface area contributed by atoms with Gasteiger partial charge in [-0.1, -0.05) is 6.07 Å². The minimum atomic E-state index is 0.275. The van der Waals surface area contributed by atoms with Crippen LogP contribution in [0.4, 0.5) is 0 Å². The molecule has 2 rings (SSSR count). The Morgan fingerprint density at radius 2 is 2.12 bits per heavy atom. The van der Waals surface area contributed by atoms with Crippen molar-refractivity contribution < 1.29 is 9.47 Å². The van der Waals surface area contributed by atoms with Gasteiger partial charge in [-0.2, -0.15) is 0 Å². The Bertz CT molecular complexity index is 340. The predicted molar refractivity (Wildman–Crippen MR) is 63.8 cm³/mol. The normalized spacial score (nSPS) is 24.4. The molecule has 1 saturated carbocycles. The van der Waals surface area contributed by atoms with Crippen molar-refractivity contribution in [2.45, 2.75) is 25.4 Å². The van der Waals surface area contributed by atoms with Crippen molar-refractivity contribution in [1.29, 1.82) is 0 Å². The molecule has 1 aliphatic rings. The average Bonchev–Trinajstić information content (AvgIpc) is 2.76. The summed E-state index contributed by atoms with van der Waals surface area (Å²) in [6.07, 6.45) is 3.79. The highest BCUT2D eigenvalue weighted by atomic mass is 16.5. The molecule has 0 radical (unpaired) electrons. The van der Waals surface area contributed by atoms with Gasteiger partial charge in [0.1, 0.15) is 17.6 Å². The van der Waals surface area contributed by atoms with Gasteiger partial charge in [0.2, 0.25) is 0 Å². The standard InChI is InChI=1S/C13H19NO2/c1-15-11-5-3-6-12(8-11)16-13-7-2-4-10(13)9-14/h3,5-6,8,10,13H,2,4,7,9,14H2,1H3. The van der Waals surface area contributed by atoms with E-state index in [2.05, 4.69) is 0 Å². The SMILES string of the molecule is COc1cccc(OC2CCCC2CN)c1. The highest BCUT2D eigenvalue weighted by Gasteiger charge is 2.27. The van der Waals surface area contributed by atoms with Gasteiger partial charge in [0.15, 0.2) is 0 Å². The van der Waals surface area contributed by atoms with Gasteiger partial charge in [0, 0.05) is 12.0 Å². The van der Waals surface area contributed by atoms with Crippen LogP contribution in [0.15, 0.2) is 24.3 Å². The minimum absolute atomic E-state index is 0.275. The zero-order valence-corrected chi connectivity index (χ0v) is 9.69. The van der Waals surface area contributed by atoms with Crippen LogP contribution in [0, 0.1) is 5.92 Å². The number of ether oxygens (including phenoxy) is 2. The molecule has 1 fully saturated rings. The first-order valence-corrected chi connectivity index (χ1v) is 5.84. The van der Waals surface area contributed by atoms with E-state index in [1.807, 2.05) is 24.3 Å². The first kappa shape index (κ1) is 11.3. The van der Waals surface area contributed by atoms with Gasteiger partial charge in [0.25, 0.3) is 0 Å². The Labute approximate surface area is 96.5 Å². The fraction of sp³-hybridized carbons (Fsp3) is 0.538. The summed E-state index contributed by atoms with van der Waals surface area (Å²) < 4.78 is 11.1. The summed E-state index contributed by atoms with van der Waals surface area (Å²) in [7, 11) is 1.66. The van der Waals surface area contributed by atoms with Crippen molar-refractivity contribution in [3.63, 3.8) is 0 Å². The molecule has 88 valence electrons. The van der Waals surface area contributed by atoms with Gasteiger partial charge in [0.05, 0.1) is 7.11 Å². The first-order chi connectivity index (χ1) is 7.83. The van der Waals surface area contributed by atoms with Crippen molar-refractivity contribution in [3.8, 4) is 11.5 Å². The van der Waals surface area contributed by atoms with Crippen molar-refractivity contribution in [2.24, 2.45) is 11.7 Å². The molecule has 2 unspecified atom stereocenters. The first-order valence-electron chi connectivity index (χ1n) is 5.84. The Balaban J connectivity index is 2.02. The van der Waals surface area contributed by atoms with Crippen molar-refractivity contribution in [3.05, 3.63) is 24.3 Å². The lowest BCUT2D eigenvalue weighted by Gasteiger charge is -2.20. The molecule has 2 N–H and O–H groups in total. The van der Waals surface area contributed by atoms with Gasteiger partial charge in [-0.3, -0.25) is 0 Å². The fourth-order valence-electron chi connectivity index (χ4n) is 2.28. The second-order valence-corrected chi connectivity index (χ2v) is 4.26. The Morgan fingerprint density at radius 3 is 2.88 bits per heavy atom. The molecule has 16 heavy (non-hydrogen) atoms. The summed E-state index contributed by atoms with van der Waals surface area (Å²) in [6, 6.07) is 7.75. The molecule has 0 bridgehead atoms. The molecule has 0 amide bonds. The number of methoxy groups -OCH3 is 1. The molecule has 3 heteroatoms. The lowest BCUT2D eigenvalue weighted by atomic mass is 10.1. The van der Waals surface area contributed by atoms with E-state index in [4.69, 9.17) is 15.2 Å². The maximum atomic E-state index is 5.96. The maximum Gasteiger partial charge on any atom is 0.123 e. The van der Waals surface area contributed by atoms with Crippen LogP contribution in [0.2, 0.25) is 0 Å². The maximum absolute atomic E-state index is 5.96. The molecule has 0 spiro atoms. The van der Waals surface area contributed by atoms with E-state index in [9.17, 15) is 0 Å². The highest BCUT2D eigenvalue weighted by Crippen LogP contribution is 2.30. The van der Waals surface area contributed by atoms with Gasteiger partial charge in [-0.05, 0) is 37.9 Å². The van der Waals surface area contributed by atoms with E-state index in [0.29, 0.717) is 12.5 Å². The molecule has 0 aromatic heterocycles. The summed E-state index contributed by atoms with van der Waals surface area (Å²) in [5.41, 5.74) is 5.73. The molecular formula is C13H19NO2. The fourth-order valence-corrected chi connectivity index (χ4v) is 2.28. The lowest BCUT2D eigenvalue weighted by molar-refractivity contribution is 0.162. The largest absolute Gasteiger partial charge is 0.497 e. The van der Waals surface area contributed by atoms with Crippen LogP contribution in [0.5, 0.6) is 11.5 Å². The van der Waals surface area contributed by atoms with E-state index in [1.54, 1.807) is 7.11 Å². The van der Waals surface area contributed by atoms with Gasteiger partial charge in [-0.25, -0.2) is 0 Å². The van der Waals surface area contributed by atoms with Crippen LogP contribution in [0.3, 0.4) is 0 Å². The van der Waals surface area contributed by atoms with Crippen LogP contribution in [0.1, 0.15) is 19.3 Å². The molecule has 3 nitrogen and oxygen atoms in total. The van der Waals surface area contributed by atoms with E-state index in [-0.39, 0.29) is 6.10 Å². The lowest BCUT2D eigenvalue weighted by Crippen LogP contribution is -2.27. The third-order valence-electron chi connectivity index (χ3n) is 3.22. The molecule has 0 heterocycles. The highest BCUT2D eigenvalue weighted by molar-refractivity contribution is 5.33. The van der Waals surface area contributed by atoms with E-state index < -0.39 is 0 Å². The molecule has 1 aromatic rings. The summed E-state index contributed by atoms with van der Waals surface area (Å²) >= 11 is 0. The van der Waals surface area contributed by atoms with Crippen LogP contribution in [0.25, 0.3) is 0 Å². The molecule has 0 saturated heterocycles. The number of nitrogens with two attached hydrogens (primary N) is 1. The number of rotatable bonds is 4. The second-order valence-electron chi connectivity index (χ2n) is 4.26. The molecule has 1 aliphatic carbocycles. The molecule has 1 aromatic carbocycles. The number of hydrogen-bond donors (Lipinski definition) is 1. The summed E-state index contributed by atoms with van der Waals surface area (Å²) in [5.74, 6) is 2.22. The van der Waals surface area contributed by atoms with Crippen molar-refractivity contribution in [1.82, 2.24) is 0 Å². The Hall–Kier alpha value is -1.22. The summed E-state index contributed by atoms with van der Waals surface area (Å²) in [5, 5.41) is 0.